The number of thiazole rings is 1. The highest BCUT2D eigenvalue weighted by molar-refractivity contribution is 7.15. The first-order chi connectivity index (χ1) is 9.06. The van der Waals surface area contributed by atoms with Crippen LogP contribution in [0.25, 0.3) is 0 Å². The number of rotatable bonds is 2. The summed E-state index contributed by atoms with van der Waals surface area (Å²) in [4.78, 5) is 10.7. The molecule has 1 aromatic rings. The van der Waals surface area contributed by atoms with E-state index in [-0.39, 0.29) is 0 Å². The summed E-state index contributed by atoms with van der Waals surface area (Å²) in [6.45, 7) is 6.00. The molecule has 0 amide bonds. The van der Waals surface area contributed by atoms with E-state index in [9.17, 15) is 5.11 Å². The second kappa shape index (κ2) is 5.04. The van der Waals surface area contributed by atoms with Crippen LogP contribution in [0.3, 0.4) is 0 Å². The summed E-state index contributed by atoms with van der Waals surface area (Å²) in [6.07, 6.45) is 3.49. The van der Waals surface area contributed by atoms with Crippen molar-refractivity contribution in [3.63, 3.8) is 0 Å². The number of nitrogens with zero attached hydrogens (tertiary/aromatic N) is 3. The maximum atomic E-state index is 9.76. The second-order valence-electron chi connectivity index (χ2n) is 5.91. The quantitative estimate of drug-likeness (QED) is 0.902. The predicted molar refractivity (Wildman–Crippen MR) is 78.9 cm³/mol. The molecule has 1 N–H and O–H groups in total. The highest BCUT2D eigenvalue weighted by atomic mass is 32.1. The van der Waals surface area contributed by atoms with Crippen molar-refractivity contribution in [2.24, 2.45) is 0 Å². The molecule has 3 rings (SSSR count). The Morgan fingerprint density at radius 2 is 2.05 bits per heavy atom. The van der Waals surface area contributed by atoms with Gasteiger partial charge < -0.3 is 10.0 Å². The number of anilines is 1. The van der Waals surface area contributed by atoms with Crippen LogP contribution in [-0.2, 0) is 0 Å². The molecule has 0 spiro atoms. The molecular formula is C14H23N3OS. The van der Waals surface area contributed by atoms with E-state index in [1.807, 2.05) is 13.8 Å². The minimum atomic E-state index is -0.405. The summed E-state index contributed by atoms with van der Waals surface area (Å²) in [5, 5.41) is 10.9. The second-order valence-corrected chi connectivity index (χ2v) is 6.92. The third-order valence-corrected chi connectivity index (χ3v) is 6.01. The van der Waals surface area contributed by atoms with Gasteiger partial charge >= 0.3 is 0 Å². The van der Waals surface area contributed by atoms with E-state index in [0.29, 0.717) is 6.04 Å². The predicted octanol–water partition coefficient (Wildman–Crippen LogP) is 2.18. The fourth-order valence-electron chi connectivity index (χ4n) is 3.40. The van der Waals surface area contributed by atoms with Gasteiger partial charge in [-0.2, -0.15) is 0 Å². The zero-order valence-electron chi connectivity index (χ0n) is 12.0. The zero-order chi connectivity index (χ0) is 13.6. The summed E-state index contributed by atoms with van der Waals surface area (Å²) in [5.41, 5.74) is 0.984. The van der Waals surface area contributed by atoms with Gasteiger partial charge in [-0.25, -0.2) is 4.98 Å². The van der Waals surface area contributed by atoms with Crippen molar-refractivity contribution in [2.75, 3.05) is 25.0 Å². The van der Waals surface area contributed by atoms with Gasteiger partial charge in [0.15, 0.2) is 5.13 Å². The van der Waals surface area contributed by atoms with E-state index >= 15 is 0 Å². The van der Waals surface area contributed by atoms with Gasteiger partial charge in [0.05, 0.1) is 16.7 Å². The van der Waals surface area contributed by atoms with Crippen LogP contribution in [0.5, 0.6) is 0 Å². The molecule has 5 heteroatoms. The van der Waals surface area contributed by atoms with Gasteiger partial charge in [-0.3, -0.25) is 4.90 Å². The molecule has 2 aliphatic heterocycles. The van der Waals surface area contributed by atoms with Gasteiger partial charge in [-0.05, 0) is 40.2 Å². The molecule has 3 unspecified atom stereocenters. The van der Waals surface area contributed by atoms with Gasteiger partial charge in [0.1, 0.15) is 0 Å². The van der Waals surface area contributed by atoms with Crippen molar-refractivity contribution < 1.29 is 5.11 Å². The summed E-state index contributed by atoms with van der Waals surface area (Å²) in [6, 6.07) is 1.43. The number of fused-ring (bicyclic) bond motifs is 2. The van der Waals surface area contributed by atoms with Crippen LogP contribution in [-0.4, -0.2) is 47.2 Å². The van der Waals surface area contributed by atoms with Crippen molar-refractivity contribution in [3.05, 3.63) is 10.6 Å². The Bertz CT molecular complexity index is 460. The summed E-state index contributed by atoms with van der Waals surface area (Å²) in [5.74, 6) is 0. The summed E-state index contributed by atoms with van der Waals surface area (Å²) >= 11 is 1.66. The Morgan fingerprint density at radius 3 is 2.74 bits per heavy atom. The van der Waals surface area contributed by atoms with Crippen LogP contribution >= 0.6 is 11.3 Å². The first kappa shape index (κ1) is 13.3. The van der Waals surface area contributed by atoms with Crippen LogP contribution in [0.4, 0.5) is 5.13 Å². The van der Waals surface area contributed by atoms with Gasteiger partial charge in [0.2, 0.25) is 0 Å². The molecule has 3 atom stereocenters. The molecule has 0 aliphatic carbocycles. The number of likely N-dealkylation sites (N-methyl/N-ethyl adjacent to an activating group) is 1. The fourth-order valence-corrected chi connectivity index (χ4v) is 4.44. The van der Waals surface area contributed by atoms with E-state index in [4.69, 9.17) is 0 Å². The molecule has 2 saturated heterocycles. The highest BCUT2D eigenvalue weighted by Crippen LogP contribution is 2.35. The van der Waals surface area contributed by atoms with E-state index in [1.165, 1.54) is 19.3 Å². The standard InChI is InChI=1S/C14H23N3OS/c1-9-13(10(2)18)19-14(15-9)17-7-6-11-4-5-12(8-17)16(11)3/h10-12,18H,4-8H2,1-3H3. The van der Waals surface area contributed by atoms with Crippen molar-refractivity contribution in [1.82, 2.24) is 9.88 Å². The smallest absolute Gasteiger partial charge is 0.185 e. The first-order valence-corrected chi connectivity index (χ1v) is 8.00. The number of aryl methyl sites for hydroxylation is 1. The van der Waals surface area contributed by atoms with Crippen LogP contribution in [0.2, 0.25) is 0 Å². The molecule has 0 aromatic carbocycles. The van der Waals surface area contributed by atoms with Gasteiger partial charge in [-0.15, -0.1) is 0 Å². The van der Waals surface area contributed by atoms with E-state index in [0.717, 1.165) is 34.8 Å². The molecule has 4 nitrogen and oxygen atoms in total. The molecule has 2 bridgehead atoms. The number of aliphatic hydroxyl groups excluding tert-OH is 1. The Balaban J connectivity index is 1.81. The minimum Gasteiger partial charge on any atom is -0.388 e. The van der Waals surface area contributed by atoms with Crippen molar-refractivity contribution in [2.45, 2.75) is 51.3 Å². The average molecular weight is 281 g/mol. The maximum absolute atomic E-state index is 9.76. The molecular weight excluding hydrogens is 258 g/mol. The number of hydrogen-bond acceptors (Lipinski definition) is 5. The lowest BCUT2D eigenvalue weighted by Gasteiger charge is -2.25. The highest BCUT2D eigenvalue weighted by Gasteiger charge is 2.35. The van der Waals surface area contributed by atoms with Gasteiger partial charge in [0.25, 0.3) is 0 Å². The largest absolute Gasteiger partial charge is 0.388 e. The van der Waals surface area contributed by atoms with E-state index in [1.54, 1.807) is 11.3 Å². The molecule has 2 aliphatic rings. The lowest BCUT2D eigenvalue weighted by molar-refractivity contribution is 0.202. The third-order valence-electron chi connectivity index (χ3n) is 4.62. The molecule has 3 heterocycles. The number of hydrogen-bond donors (Lipinski definition) is 1. The molecule has 0 radical (unpaired) electrons. The van der Waals surface area contributed by atoms with E-state index in [2.05, 4.69) is 21.8 Å². The van der Waals surface area contributed by atoms with Crippen LogP contribution in [0, 0.1) is 6.92 Å². The average Bonchev–Trinajstić information content (AvgIpc) is 2.81. The molecule has 2 fully saturated rings. The first-order valence-electron chi connectivity index (χ1n) is 7.18. The molecule has 1 aromatic heterocycles. The Labute approximate surface area is 119 Å². The monoisotopic (exact) mass is 281 g/mol. The van der Waals surface area contributed by atoms with Crippen molar-refractivity contribution in [1.29, 1.82) is 0 Å². The Hall–Kier alpha value is -0.650. The lowest BCUT2D eigenvalue weighted by Crippen LogP contribution is -2.36. The molecule has 106 valence electrons. The maximum Gasteiger partial charge on any atom is 0.185 e. The Kier molecular flexibility index (Phi) is 3.53. The normalized spacial score (nSPS) is 29.6. The lowest BCUT2D eigenvalue weighted by atomic mass is 10.1. The van der Waals surface area contributed by atoms with Gasteiger partial charge in [-0.1, -0.05) is 11.3 Å². The van der Waals surface area contributed by atoms with E-state index < -0.39 is 6.10 Å². The summed E-state index contributed by atoms with van der Waals surface area (Å²) < 4.78 is 0. The summed E-state index contributed by atoms with van der Waals surface area (Å²) in [7, 11) is 2.26. The third kappa shape index (κ3) is 2.39. The SMILES string of the molecule is Cc1nc(N2CCC3CCC(C2)N3C)sc1C(C)O. The Morgan fingerprint density at radius 1 is 1.32 bits per heavy atom. The molecule has 0 saturated carbocycles. The van der Waals surface area contributed by atoms with Crippen molar-refractivity contribution >= 4 is 16.5 Å². The zero-order valence-corrected chi connectivity index (χ0v) is 12.8. The van der Waals surface area contributed by atoms with Crippen LogP contribution in [0.15, 0.2) is 0 Å². The number of aromatic nitrogens is 1. The van der Waals surface area contributed by atoms with Crippen LogP contribution in [0.1, 0.15) is 42.9 Å². The molecule has 19 heavy (non-hydrogen) atoms. The minimum absolute atomic E-state index is 0.405. The van der Waals surface area contributed by atoms with Gasteiger partial charge in [0, 0.05) is 25.2 Å². The fraction of sp³-hybridized carbons (Fsp3) is 0.786. The number of aliphatic hydroxyl groups is 1. The van der Waals surface area contributed by atoms with Crippen molar-refractivity contribution in [3.8, 4) is 0 Å². The van der Waals surface area contributed by atoms with Crippen LogP contribution < -0.4 is 4.90 Å². The topological polar surface area (TPSA) is 39.6 Å².